The number of nitrogens with one attached hydrogen (secondary N) is 2. The summed E-state index contributed by atoms with van der Waals surface area (Å²) in [5.41, 5.74) is -2.21. The van der Waals surface area contributed by atoms with E-state index in [0.717, 1.165) is 18.2 Å². The normalized spacial score (nSPS) is 10.4. The molecule has 0 aliphatic carbocycles. The van der Waals surface area contributed by atoms with Crippen molar-refractivity contribution in [2.75, 3.05) is 5.32 Å². The van der Waals surface area contributed by atoms with Crippen LogP contribution in [0.5, 0.6) is 0 Å². The van der Waals surface area contributed by atoms with Gasteiger partial charge in [0.25, 0.3) is 5.91 Å². The number of amides is 3. The molecular weight excluding hydrogens is 342 g/mol. The van der Waals surface area contributed by atoms with Crippen molar-refractivity contribution >= 4 is 17.6 Å². The Labute approximate surface area is 130 Å². The van der Waals surface area contributed by atoms with Crippen LogP contribution < -0.4 is 10.6 Å². The van der Waals surface area contributed by atoms with Gasteiger partial charge in [-0.3, -0.25) is 10.1 Å². The number of imide groups is 1. The molecule has 0 saturated heterocycles. The summed E-state index contributed by atoms with van der Waals surface area (Å²) in [6.07, 6.45) is 0. The average Bonchev–Trinajstić information content (AvgIpc) is 2.50. The highest BCUT2D eigenvalue weighted by molar-refractivity contribution is 6.08. The fourth-order valence-corrected chi connectivity index (χ4v) is 1.70. The number of urea groups is 1. The highest BCUT2D eigenvalue weighted by Gasteiger charge is 2.22. The zero-order chi connectivity index (χ0) is 18.0. The standard InChI is InChI=1S/C14H6F6N2O2/c15-5-2-1-3-6(16)9(5)13(23)22-14(24)21-8-4-7(17)10(18)12(20)11(8)19/h1-4H,(H2,21,22,23,24). The summed E-state index contributed by atoms with van der Waals surface area (Å²) >= 11 is 0. The first-order chi connectivity index (χ1) is 11.2. The maximum absolute atomic E-state index is 13.4. The first-order valence-corrected chi connectivity index (χ1v) is 6.11. The van der Waals surface area contributed by atoms with Gasteiger partial charge in [-0.2, -0.15) is 0 Å². The predicted octanol–water partition coefficient (Wildman–Crippen LogP) is 3.48. The van der Waals surface area contributed by atoms with Crippen molar-refractivity contribution < 1.29 is 35.9 Å². The van der Waals surface area contributed by atoms with Crippen molar-refractivity contribution in [2.45, 2.75) is 0 Å². The summed E-state index contributed by atoms with van der Waals surface area (Å²) in [7, 11) is 0. The molecule has 0 aliphatic heterocycles. The fraction of sp³-hybridized carbons (Fsp3) is 0. The lowest BCUT2D eigenvalue weighted by Crippen LogP contribution is -2.35. The van der Waals surface area contributed by atoms with Crippen LogP contribution in [0.1, 0.15) is 10.4 Å². The molecule has 0 spiro atoms. The maximum atomic E-state index is 13.4. The monoisotopic (exact) mass is 348 g/mol. The molecule has 0 heterocycles. The molecule has 2 aromatic rings. The second-order valence-corrected chi connectivity index (χ2v) is 4.35. The Hall–Kier alpha value is -3.04. The number of halogens is 6. The lowest BCUT2D eigenvalue weighted by Gasteiger charge is -2.09. The topological polar surface area (TPSA) is 58.2 Å². The van der Waals surface area contributed by atoms with E-state index in [4.69, 9.17) is 0 Å². The number of carbonyl (C=O) groups excluding carboxylic acids is 2. The van der Waals surface area contributed by atoms with Crippen LogP contribution in [0, 0.1) is 34.9 Å². The van der Waals surface area contributed by atoms with E-state index in [-0.39, 0.29) is 6.07 Å². The molecule has 3 amide bonds. The van der Waals surface area contributed by atoms with Gasteiger partial charge in [0.1, 0.15) is 17.2 Å². The zero-order valence-corrected chi connectivity index (χ0v) is 11.4. The molecule has 0 fully saturated rings. The zero-order valence-electron chi connectivity index (χ0n) is 11.4. The maximum Gasteiger partial charge on any atom is 0.326 e. The number of hydrogen-bond donors (Lipinski definition) is 2. The summed E-state index contributed by atoms with van der Waals surface area (Å²) in [5.74, 6) is -12.1. The molecule has 0 aliphatic rings. The van der Waals surface area contributed by atoms with Gasteiger partial charge in [0.05, 0.1) is 5.69 Å². The van der Waals surface area contributed by atoms with E-state index in [0.29, 0.717) is 0 Å². The van der Waals surface area contributed by atoms with Crippen LogP contribution in [-0.4, -0.2) is 11.9 Å². The smallest absolute Gasteiger partial charge is 0.305 e. The Morgan fingerprint density at radius 1 is 0.792 bits per heavy atom. The van der Waals surface area contributed by atoms with Crippen LogP contribution in [0.3, 0.4) is 0 Å². The number of hydrogen-bond acceptors (Lipinski definition) is 2. The third kappa shape index (κ3) is 3.31. The molecule has 0 radical (unpaired) electrons. The minimum atomic E-state index is -2.18. The van der Waals surface area contributed by atoms with Gasteiger partial charge >= 0.3 is 6.03 Å². The molecule has 0 unspecified atom stereocenters. The van der Waals surface area contributed by atoms with Crippen LogP contribution in [0.2, 0.25) is 0 Å². The Morgan fingerprint density at radius 2 is 1.38 bits per heavy atom. The highest BCUT2D eigenvalue weighted by Crippen LogP contribution is 2.22. The molecule has 24 heavy (non-hydrogen) atoms. The van der Waals surface area contributed by atoms with E-state index < -0.39 is 58.1 Å². The minimum absolute atomic E-state index is 0.126. The van der Waals surface area contributed by atoms with Crippen LogP contribution in [0.15, 0.2) is 24.3 Å². The molecule has 0 saturated carbocycles. The van der Waals surface area contributed by atoms with E-state index in [9.17, 15) is 35.9 Å². The van der Waals surface area contributed by atoms with Crippen molar-refractivity contribution in [3.8, 4) is 0 Å². The average molecular weight is 348 g/mol. The van der Waals surface area contributed by atoms with Crippen LogP contribution in [0.25, 0.3) is 0 Å². The van der Waals surface area contributed by atoms with Gasteiger partial charge in [-0.15, -0.1) is 0 Å². The molecule has 0 aromatic heterocycles. The summed E-state index contributed by atoms with van der Waals surface area (Å²) < 4.78 is 78.8. The summed E-state index contributed by atoms with van der Waals surface area (Å²) in [5, 5.41) is 2.95. The minimum Gasteiger partial charge on any atom is -0.305 e. The van der Waals surface area contributed by atoms with Crippen molar-refractivity contribution in [2.24, 2.45) is 0 Å². The van der Waals surface area contributed by atoms with Gasteiger partial charge in [0.2, 0.25) is 0 Å². The number of benzene rings is 2. The Balaban J connectivity index is 2.19. The molecule has 2 rings (SSSR count). The van der Waals surface area contributed by atoms with Gasteiger partial charge < -0.3 is 5.32 Å². The molecule has 2 N–H and O–H groups in total. The quantitative estimate of drug-likeness (QED) is 0.496. The molecule has 0 atom stereocenters. The van der Waals surface area contributed by atoms with Gasteiger partial charge in [-0.05, 0) is 12.1 Å². The van der Waals surface area contributed by atoms with Crippen LogP contribution >= 0.6 is 0 Å². The van der Waals surface area contributed by atoms with Crippen molar-refractivity contribution in [3.63, 3.8) is 0 Å². The van der Waals surface area contributed by atoms with Crippen molar-refractivity contribution in [1.29, 1.82) is 0 Å². The van der Waals surface area contributed by atoms with E-state index in [1.807, 2.05) is 0 Å². The summed E-state index contributed by atoms with van der Waals surface area (Å²) in [6.45, 7) is 0. The predicted molar refractivity (Wildman–Crippen MR) is 69.1 cm³/mol. The number of anilines is 1. The SMILES string of the molecule is O=C(NC(=O)c1c(F)cccc1F)Nc1cc(F)c(F)c(F)c1F. The molecule has 10 heteroatoms. The number of carbonyl (C=O) groups is 2. The second kappa shape index (κ2) is 6.60. The lowest BCUT2D eigenvalue weighted by molar-refractivity contribution is 0.0959. The number of rotatable bonds is 2. The largest absolute Gasteiger partial charge is 0.326 e. The van der Waals surface area contributed by atoms with Gasteiger partial charge in [-0.25, -0.2) is 31.1 Å². The molecular formula is C14H6F6N2O2. The summed E-state index contributed by atoms with van der Waals surface area (Å²) in [6, 6.07) is 1.05. The first-order valence-electron chi connectivity index (χ1n) is 6.11. The van der Waals surface area contributed by atoms with Crippen molar-refractivity contribution in [3.05, 3.63) is 64.7 Å². The lowest BCUT2D eigenvalue weighted by atomic mass is 10.2. The van der Waals surface area contributed by atoms with Gasteiger partial charge in [0, 0.05) is 6.07 Å². The third-order valence-corrected chi connectivity index (χ3v) is 2.77. The fourth-order valence-electron chi connectivity index (χ4n) is 1.70. The van der Waals surface area contributed by atoms with E-state index in [2.05, 4.69) is 0 Å². The second-order valence-electron chi connectivity index (χ2n) is 4.35. The van der Waals surface area contributed by atoms with Crippen LogP contribution in [0.4, 0.5) is 36.8 Å². The Bertz CT molecular complexity index is 820. The molecule has 4 nitrogen and oxygen atoms in total. The van der Waals surface area contributed by atoms with E-state index in [1.165, 1.54) is 10.6 Å². The molecule has 0 bridgehead atoms. The molecule has 126 valence electrons. The van der Waals surface area contributed by atoms with Gasteiger partial charge in [-0.1, -0.05) is 6.07 Å². The first kappa shape index (κ1) is 17.3. The Kier molecular flexibility index (Phi) is 4.77. The summed E-state index contributed by atoms with van der Waals surface area (Å²) in [4.78, 5) is 23.1. The van der Waals surface area contributed by atoms with Crippen molar-refractivity contribution in [1.82, 2.24) is 5.32 Å². The van der Waals surface area contributed by atoms with Crippen LogP contribution in [-0.2, 0) is 0 Å². The highest BCUT2D eigenvalue weighted by atomic mass is 19.2. The van der Waals surface area contributed by atoms with Gasteiger partial charge in [0.15, 0.2) is 23.3 Å². The Morgan fingerprint density at radius 3 is 1.96 bits per heavy atom. The van der Waals surface area contributed by atoms with E-state index >= 15 is 0 Å². The molecule has 2 aromatic carbocycles. The van der Waals surface area contributed by atoms with E-state index in [1.54, 1.807) is 0 Å². The third-order valence-electron chi connectivity index (χ3n) is 2.77.